The first-order chi connectivity index (χ1) is 10.9. The highest BCUT2D eigenvalue weighted by molar-refractivity contribution is 8.22. The highest BCUT2D eigenvalue weighted by Gasteiger charge is 2.18. The van der Waals surface area contributed by atoms with Crippen molar-refractivity contribution >= 4 is 10.8 Å². The Morgan fingerprint density at radius 1 is 1.35 bits per heavy atom. The number of hydrogen-bond donors (Lipinski definition) is 5. The van der Waals surface area contributed by atoms with Gasteiger partial charge in [0.15, 0.2) is 0 Å². The third kappa shape index (κ3) is 10.3. The fourth-order valence-corrected chi connectivity index (χ4v) is 2.50. The molecule has 0 fully saturated rings. The van der Waals surface area contributed by atoms with Gasteiger partial charge in [-0.15, -0.1) is 10.8 Å². The van der Waals surface area contributed by atoms with Gasteiger partial charge in [-0.25, -0.2) is 9.52 Å². The molecule has 0 bridgehead atoms. The molecule has 1 aromatic heterocycles. The minimum atomic E-state index is -2.87. The molecule has 0 saturated carbocycles. The minimum absolute atomic E-state index is 0.0398. The van der Waals surface area contributed by atoms with Gasteiger partial charge in [-0.1, -0.05) is 13.8 Å². The van der Waals surface area contributed by atoms with Crippen LogP contribution in [-0.2, 0) is 11.3 Å². The standard InChI is InChI=1S/C10H19N3O5S.C2H6.CH4O/c1-11-19(16,17)7-8(18-2)3-5-13-6-4-9(14)12-10(13)15;2*1-2/h4,6,8,11,16-17H,3,5,7H2,1-2H3,(H,12,14,15);1-2H3;2H,1H3/t8-;;/m0../s1. The van der Waals surface area contributed by atoms with Gasteiger partial charge in [0.1, 0.15) is 0 Å². The van der Waals surface area contributed by atoms with E-state index in [-0.39, 0.29) is 5.75 Å². The number of nitrogens with zero attached hydrogens (tertiary/aromatic N) is 1. The second kappa shape index (κ2) is 13.3. The van der Waals surface area contributed by atoms with E-state index in [1.165, 1.54) is 31.0 Å². The first-order valence-corrected chi connectivity index (χ1v) is 8.81. The summed E-state index contributed by atoms with van der Waals surface area (Å²) in [5.74, 6) is 0.0398. The lowest BCUT2D eigenvalue weighted by atomic mass is 10.3. The molecule has 1 rings (SSSR count). The maximum absolute atomic E-state index is 11.4. The fourth-order valence-electron chi connectivity index (χ4n) is 1.52. The number of hydrogen-bond acceptors (Lipinski definition) is 7. The first kappa shape index (κ1) is 24.1. The monoisotopic (exact) mass is 355 g/mol. The maximum Gasteiger partial charge on any atom is 0.328 e. The van der Waals surface area contributed by atoms with E-state index in [1.54, 1.807) is 0 Å². The van der Waals surface area contributed by atoms with Crippen LogP contribution >= 0.6 is 10.8 Å². The second-order valence-corrected chi connectivity index (χ2v) is 6.06. The Kier molecular flexibility index (Phi) is 13.9. The molecule has 1 aromatic rings. The van der Waals surface area contributed by atoms with Crippen molar-refractivity contribution in [1.29, 1.82) is 0 Å². The smallest absolute Gasteiger partial charge is 0.328 e. The van der Waals surface area contributed by atoms with E-state index in [4.69, 9.17) is 9.84 Å². The zero-order valence-electron chi connectivity index (χ0n) is 14.3. The molecule has 0 radical (unpaired) electrons. The van der Waals surface area contributed by atoms with Crippen molar-refractivity contribution in [2.24, 2.45) is 0 Å². The van der Waals surface area contributed by atoms with Crippen molar-refractivity contribution in [3.05, 3.63) is 33.1 Å². The normalized spacial score (nSPS) is 12.3. The molecule has 0 unspecified atom stereocenters. The molecule has 0 saturated heterocycles. The van der Waals surface area contributed by atoms with Crippen LogP contribution in [0.3, 0.4) is 0 Å². The molecule has 23 heavy (non-hydrogen) atoms. The fraction of sp³-hybridized carbons (Fsp3) is 0.692. The molecule has 0 aromatic carbocycles. The SMILES string of the molecule is CC.CNS(O)(O)C[C@H](CCn1ccc(=O)[nH]c1=O)OC.CO. The van der Waals surface area contributed by atoms with Crippen molar-refractivity contribution in [2.75, 3.05) is 27.0 Å². The molecule has 5 N–H and O–H groups in total. The van der Waals surface area contributed by atoms with Gasteiger partial charge in [0.05, 0.1) is 11.9 Å². The predicted octanol–water partition coefficient (Wildman–Crippen LogP) is 0.461. The van der Waals surface area contributed by atoms with Crippen LogP contribution in [0.2, 0.25) is 0 Å². The van der Waals surface area contributed by atoms with Crippen molar-refractivity contribution in [2.45, 2.75) is 32.9 Å². The van der Waals surface area contributed by atoms with Crippen LogP contribution in [0.15, 0.2) is 21.9 Å². The Labute approximate surface area is 137 Å². The number of nitrogens with one attached hydrogen (secondary N) is 2. The van der Waals surface area contributed by atoms with Crippen LogP contribution in [0.5, 0.6) is 0 Å². The van der Waals surface area contributed by atoms with E-state index < -0.39 is 28.1 Å². The minimum Gasteiger partial charge on any atom is -0.400 e. The number of aromatic amines is 1. The summed E-state index contributed by atoms with van der Waals surface area (Å²) in [4.78, 5) is 24.5. The molecular formula is C13H29N3O6S. The van der Waals surface area contributed by atoms with Crippen LogP contribution in [0.4, 0.5) is 0 Å². The van der Waals surface area contributed by atoms with Gasteiger partial charge in [-0.05, 0) is 6.42 Å². The number of methoxy groups -OCH3 is 1. The highest BCUT2D eigenvalue weighted by atomic mass is 32.3. The molecule has 1 atom stereocenters. The Bertz CT molecular complexity index is 517. The van der Waals surface area contributed by atoms with Crippen LogP contribution < -0.4 is 16.0 Å². The van der Waals surface area contributed by atoms with Gasteiger partial charge >= 0.3 is 5.69 Å². The highest BCUT2D eigenvalue weighted by Crippen LogP contribution is 2.34. The molecule has 0 amide bonds. The van der Waals surface area contributed by atoms with Gasteiger partial charge in [0.2, 0.25) is 0 Å². The quantitative estimate of drug-likeness (QED) is 0.479. The Morgan fingerprint density at radius 2 is 1.91 bits per heavy atom. The largest absolute Gasteiger partial charge is 0.400 e. The average molecular weight is 355 g/mol. The summed E-state index contributed by atoms with van der Waals surface area (Å²) in [5, 5.41) is 7.00. The summed E-state index contributed by atoms with van der Waals surface area (Å²) in [6, 6.07) is 1.25. The molecule has 9 nitrogen and oxygen atoms in total. The van der Waals surface area contributed by atoms with E-state index >= 15 is 0 Å². The topological polar surface area (TPSA) is 137 Å². The number of H-pyrrole nitrogens is 1. The van der Waals surface area contributed by atoms with Crippen molar-refractivity contribution in [3.63, 3.8) is 0 Å². The van der Waals surface area contributed by atoms with Gasteiger partial charge < -0.3 is 14.4 Å². The van der Waals surface area contributed by atoms with E-state index in [2.05, 4.69) is 9.71 Å². The van der Waals surface area contributed by atoms with Crippen LogP contribution in [0.25, 0.3) is 0 Å². The number of aliphatic hydroxyl groups excluding tert-OH is 1. The molecular weight excluding hydrogens is 326 g/mol. The van der Waals surface area contributed by atoms with Crippen molar-refractivity contribution < 1.29 is 18.9 Å². The lowest BCUT2D eigenvalue weighted by Crippen LogP contribution is -2.32. The summed E-state index contributed by atoms with van der Waals surface area (Å²) < 4.78 is 28.0. The van der Waals surface area contributed by atoms with Crippen molar-refractivity contribution in [3.8, 4) is 0 Å². The summed E-state index contributed by atoms with van der Waals surface area (Å²) in [6.45, 7) is 4.31. The van der Waals surface area contributed by atoms with Crippen LogP contribution in [0.1, 0.15) is 20.3 Å². The number of rotatable bonds is 7. The van der Waals surface area contributed by atoms with Gasteiger partial charge in [0.25, 0.3) is 5.56 Å². The third-order valence-corrected chi connectivity index (χ3v) is 4.16. The van der Waals surface area contributed by atoms with E-state index in [1.807, 2.05) is 13.8 Å². The van der Waals surface area contributed by atoms with Gasteiger partial charge in [0, 0.05) is 40.1 Å². The molecule has 0 aliphatic rings. The van der Waals surface area contributed by atoms with E-state index in [0.717, 1.165) is 7.11 Å². The Balaban J connectivity index is 0. The number of aryl methyl sites for hydroxylation is 1. The summed E-state index contributed by atoms with van der Waals surface area (Å²) >= 11 is 0. The molecule has 10 heteroatoms. The summed E-state index contributed by atoms with van der Waals surface area (Å²) in [6.07, 6.45) is 1.40. The predicted molar refractivity (Wildman–Crippen MR) is 93.0 cm³/mol. The zero-order chi connectivity index (χ0) is 18.5. The molecule has 1 heterocycles. The second-order valence-electron chi connectivity index (χ2n) is 3.99. The molecule has 138 valence electrons. The van der Waals surface area contributed by atoms with Gasteiger partial charge in [-0.2, -0.15) is 0 Å². The molecule has 0 spiro atoms. The summed E-state index contributed by atoms with van der Waals surface area (Å²) in [7, 11) is 1.04. The number of aromatic nitrogens is 2. The zero-order valence-corrected chi connectivity index (χ0v) is 15.1. The van der Waals surface area contributed by atoms with Crippen LogP contribution in [0, 0.1) is 0 Å². The summed E-state index contributed by atoms with van der Waals surface area (Å²) in [5.41, 5.74) is -0.948. The first-order valence-electron chi connectivity index (χ1n) is 7.09. The van der Waals surface area contributed by atoms with Crippen LogP contribution in [-0.4, -0.2) is 56.9 Å². The van der Waals surface area contributed by atoms with Gasteiger partial charge in [-0.3, -0.25) is 18.9 Å². The van der Waals surface area contributed by atoms with Crippen molar-refractivity contribution in [1.82, 2.24) is 14.3 Å². The Morgan fingerprint density at radius 3 is 2.35 bits per heavy atom. The number of aliphatic hydroxyl groups is 1. The lowest BCUT2D eigenvalue weighted by molar-refractivity contribution is 0.107. The average Bonchev–Trinajstić information content (AvgIpc) is 2.56. The Hall–Kier alpha value is -1.17. The molecule has 0 aliphatic heterocycles. The maximum atomic E-state index is 11.4. The van der Waals surface area contributed by atoms with E-state index in [9.17, 15) is 18.7 Å². The number of ether oxygens (including phenoxy) is 1. The third-order valence-electron chi connectivity index (χ3n) is 2.67. The van der Waals surface area contributed by atoms with E-state index in [0.29, 0.717) is 13.0 Å². The lowest BCUT2D eigenvalue weighted by Gasteiger charge is -2.34. The molecule has 0 aliphatic carbocycles.